The van der Waals surface area contributed by atoms with Gasteiger partial charge in [0.2, 0.25) is 0 Å². The molecule has 0 atom stereocenters. The second-order valence-corrected chi connectivity index (χ2v) is 9.33. The topological polar surface area (TPSA) is 46.1 Å². The molecule has 2 fully saturated rings. The Kier molecular flexibility index (Phi) is 12.1. The maximum absolute atomic E-state index is 4.86. The van der Waals surface area contributed by atoms with E-state index >= 15 is 0 Å². The molecule has 2 N–H and O–H groups in total. The number of hydrogen-bond donors (Lipinski definition) is 2. The number of anilines is 1. The van der Waals surface area contributed by atoms with E-state index in [0.717, 1.165) is 58.2 Å². The Balaban J connectivity index is 0.00000363. The minimum atomic E-state index is 0. The zero-order valence-electron chi connectivity index (χ0n) is 20.6. The van der Waals surface area contributed by atoms with Gasteiger partial charge in [-0.05, 0) is 64.7 Å². The van der Waals surface area contributed by atoms with Crippen LogP contribution in [0.4, 0.5) is 5.69 Å². The average Bonchev–Trinajstić information content (AvgIpc) is 2.77. The van der Waals surface area contributed by atoms with Crippen LogP contribution in [0.25, 0.3) is 0 Å². The zero-order valence-corrected chi connectivity index (χ0v) is 23.0. The van der Waals surface area contributed by atoms with Gasteiger partial charge >= 0.3 is 0 Å². The standard InChI is InChI=1S/C25H44N6.HI/c1-5-26-25(28-23-10-14-30(15-11-23)21(2)3)27-12-7-13-29-16-18-31(19-17-29)24-9-6-8-22(4)20-24;/h6,8-9,20-21,23H,5,7,10-19H2,1-4H3,(H2,26,27,28);1H. The molecular formula is C25H45IN6. The summed E-state index contributed by atoms with van der Waals surface area (Å²) in [4.78, 5) is 12.5. The Bertz CT molecular complexity index is 679. The molecule has 0 bridgehead atoms. The molecule has 2 heterocycles. The second kappa shape index (κ2) is 14.3. The Morgan fingerprint density at radius 2 is 1.81 bits per heavy atom. The summed E-state index contributed by atoms with van der Waals surface area (Å²) in [6.45, 7) is 18.7. The summed E-state index contributed by atoms with van der Waals surface area (Å²) in [6, 6.07) is 10.1. The van der Waals surface area contributed by atoms with Gasteiger partial charge in [0, 0.05) is 76.7 Å². The molecule has 2 aliphatic rings. The largest absolute Gasteiger partial charge is 0.369 e. The summed E-state index contributed by atoms with van der Waals surface area (Å²) < 4.78 is 0. The van der Waals surface area contributed by atoms with Gasteiger partial charge in [0.25, 0.3) is 0 Å². The fraction of sp³-hybridized carbons (Fsp3) is 0.720. The van der Waals surface area contributed by atoms with Crippen LogP contribution in [0.5, 0.6) is 0 Å². The molecule has 7 heteroatoms. The van der Waals surface area contributed by atoms with E-state index in [0.29, 0.717) is 12.1 Å². The third kappa shape index (κ3) is 8.71. The van der Waals surface area contributed by atoms with E-state index in [1.807, 2.05) is 0 Å². The maximum atomic E-state index is 4.86. The first-order valence-corrected chi connectivity index (χ1v) is 12.4. The molecule has 0 unspecified atom stereocenters. The first-order valence-electron chi connectivity index (χ1n) is 12.4. The summed E-state index contributed by atoms with van der Waals surface area (Å²) in [7, 11) is 0. The molecule has 1 aromatic carbocycles. The number of nitrogens with one attached hydrogen (secondary N) is 2. The van der Waals surface area contributed by atoms with Crippen LogP contribution >= 0.6 is 24.0 Å². The number of halogens is 1. The van der Waals surface area contributed by atoms with E-state index in [4.69, 9.17) is 4.99 Å². The first kappa shape index (κ1) is 27.2. The van der Waals surface area contributed by atoms with Gasteiger partial charge < -0.3 is 20.4 Å². The van der Waals surface area contributed by atoms with Crippen LogP contribution in [0.2, 0.25) is 0 Å². The average molecular weight is 557 g/mol. The lowest BCUT2D eigenvalue weighted by atomic mass is 10.0. The highest BCUT2D eigenvalue weighted by Gasteiger charge is 2.21. The molecular weight excluding hydrogens is 511 g/mol. The van der Waals surface area contributed by atoms with Crippen molar-refractivity contribution in [2.24, 2.45) is 4.99 Å². The predicted octanol–water partition coefficient (Wildman–Crippen LogP) is 3.55. The maximum Gasteiger partial charge on any atom is 0.191 e. The number of aryl methyl sites for hydroxylation is 1. The zero-order chi connectivity index (χ0) is 22.1. The SMILES string of the molecule is CCNC(=NCCCN1CCN(c2cccc(C)c2)CC1)NC1CCN(C(C)C)CC1.I. The fourth-order valence-electron chi connectivity index (χ4n) is 4.61. The van der Waals surface area contributed by atoms with Crippen molar-refractivity contribution in [1.82, 2.24) is 20.4 Å². The van der Waals surface area contributed by atoms with Crippen molar-refractivity contribution in [3.63, 3.8) is 0 Å². The summed E-state index contributed by atoms with van der Waals surface area (Å²) in [5.74, 6) is 0.995. The van der Waals surface area contributed by atoms with Gasteiger partial charge in [-0.3, -0.25) is 9.89 Å². The number of piperazine rings is 1. The van der Waals surface area contributed by atoms with Gasteiger partial charge in [0.1, 0.15) is 0 Å². The molecule has 0 aromatic heterocycles. The van der Waals surface area contributed by atoms with Gasteiger partial charge in [-0.25, -0.2) is 0 Å². The van der Waals surface area contributed by atoms with Crippen molar-refractivity contribution in [3.8, 4) is 0 Å². The van der Waals surface area contributed by atoms with E-state index < -0.39 is 0 Å². The Labute approximate surface area is 213 Å². The van der Waals surface area contributed by atoms with Gasteiger partial charge in [0.15, 0.2) is 5.96 Å². The molecule has 0 aliphatic carbocycles. The van der Waals surface area contributed by atoms with Crippen LogP contribution in [0.1, 0.15) is 45.6 Å². The van der Waals surface area contributed by atoms with Crippen molar-refractivity contribution in [2.75, 3.05) is 63.8 Å². The van der Waals surface area contributed by atoms with Crippen molar-refractivity contribution in [2.45, 2.75) is 59.0 Å². The molecule has 1 aromatic rings. The van der Waals surface area contributed by atoms with Crippen LogP contribution in [0, 0.1) is 6.92 Å². The van der Waals surface area contributed by atoms with E-state index in [-0.39, 0.29) is 24.0 Å². The lowest BCUT2D eigenvalue weighted by Gasteiger charge is -2.36. The van der Waals surface area contributed by atoms with E-state index in [9.17, 15) is 0 Å². The van der Waals surface area contributed by atoms with Crippen LogP contribution in [-0.4, -0.2) is 86.7 Å². The number of nitrogens with zero attached hydrogens (tertiary/aromatic N) is 4. The van der Waals surface area contributed by atoms with Gasteiger partial charge in [-0.15, -0.1) is 24.0 Å². The van der Waals surface area contributed by atoms with Crippen LogP contribution < -0.4 is 15.5 Å². The number of benzene rings is 1. The van der Waals surface area contributed by atoms with Crippen molar-refractivity contribution in [1.29, 1.82) is 0 Å². The van der Waals surface area contributed by atoms with Gasteiger partial charge in [-0.2, -0.15) is 0 Å². The number of guanidine groups is 1. The van der Waals surface area contributed by atoms with Gasteiger partial charge in [0.05, 0.1) is 0 Å². The summed E-state index contributed by atoms with van der Waals surface area (Å²) in [6.07, 6.45) is 3.52. The third-order valence-electron chi connectivity index (χ3n) is 6.59. The molecule has 0 spiro atoms. The van der Waals surface area contributed by atoms with Crippen molar-refractivity contribution in [3.05, 3.63) is 29.8 Å². The molecule has 0 saturated carbocycles. The number of likely N-dealkylation sites (tertiary alicyclic amines) is 1. The van der Waals surface area contributed by atoms with Crippen molar-refractivity contribution < 1.29 is 0 Å². The highest BCUT2D eigenvalue weighted by Crippen LogP contribution is 2.18. The number of hydrogen-bond acceptors (Lipinski definition) is 4. The number of rotatable bonds is 8. The Morgan fingerprint density at radius 3 is 2.44 bits per heavy atom. The molecule has 2 saturated heterocycles. The minimum Gasteiger partial charge on any atom is -0.369 e. The van der Waals surface area contributed by atoms with E-state index in [1.54, 1.807) is 0 Å². The molecule has 6 nitrogen and oxygen atoms in total. The Morgan fingerprint density at radius 1 is 1.09 bits per heavy atom. The molecule has 32 heavy (non-hydrogen) atoms. The molecule has 2 aliphatic heterocycles. The first-order chi connectivity index (χ1) is 15.0. The molecule has 182 valence electrons. The molecule has 0 amide bonds. The summed E-state index contributed by atoms with van der Waals surface area (Å²) in [5, 5.41) is 7.11. The second-order valence-electron chi connectivity index (χ2n) is 9.33. The van der Waals surface area contributed by atoms with E-state index in [1.165, 1.54) is 37.2 Å². The lowest BCUT2D eigenvalue weighted by Crippen LogP contribution is -2.50. The Hall–Kier alpha value is -1.06. The lowest BCUT2D eigenvalue weighted by molar-refractivity contribution is 0.167. The molecule has 3 rings (SSSR count). The third-order valence-corrected chi connectivity index (χ3v) is 6.59. The van der Waals surface area contributed by atoms with Crippen LogP contribution in [0.3, 0.4) is 0 Å². The van der Waals surface area contributed by atoms with E-state index in [2.05, 4.69) is 77.3 Å². The molecule has 0 radical (unpaired) electrons. The summed E-state index contributed by atoms with van der Waals surface area (Å²) in [5.41, 5.74) is 2.71. The minimum absolute atomic E-state index is 0. The van der Waals surface area contributed by atoms with Crippen LogP contribution in [-0.2, 0) is 0 Å². The van der Waals surface area contributed by atoms with Crippen molar-refractivity contribution >= 4 is 35.6 Å². The van der Waals surface area contributed by atoms with Gasteiger partial charge in [-0.1, -0.05) is 12.1 Å². The smallest absolute Gasteiger partial charge is 0.191 e. The fourth-order valence-corrected chi connectivity index (χ4v) is 4.61. The summed E-state index contributed by atoms with van der Waals surface area (Å²) >= 11 is 0. The monoisotopic (exact) mass is 556 g/mol. The predicted molar refractivity (Wildman–Crippen MR) is 149 cm³/mol. The highest BCUT2D eigenvalue weighted by molar-refractivity contribution is 14.0. The highest BCUT2D eigenvalue weighted by atomic mass is 127. The normalized spacial score (nSPS) is 19.2. The van der Waals surface area contributed by atoms with Crippen LogP contribution in [0.15, 0.2) is 29.3 Å². The number of aliphatic imine (C=N–C) groups is 1. The number of piperidine rings is 1. The quantitative estimate of drug-likeness (QED) is 0.222.